The molecule has 28 heavy (non-hydrogen) atoms. The maximum Gasteiger partial charge on any atom is 0.243 e. The number of thiophene rings is 1. The van der Waals surface area contributed by atoms with Gasteiger partial charge >= 0.3 is 0 Å². The first-order valence-corrected chi connectivity index (χ1v) is 11.5. The van der Waals surface area contributed by atoms with Crippen LogP contribution in [-0.2, 0) is 21.4 Å². The predicted octanol–water partition coefficient (Wildman–Crippen LogP) is 3.41. The number of carbonyl (C=O) groups is 1. The number of nitrogens with one attached hydrogen (secondary N) is 1. The third-order valence-corrected chi connectivity index (χ3v) is 7.08. The van der Waals surface area contributed by atoms with Gasteiger partial charge in [0.05, 0.1) is 11.4 Å². The summed E-state index contributed by atoms with van der Waals surface area (Å²) in [5, 5.41) is 4.81. The van der Waals surface area contributed by atoms with Crippen LogP contribution in [-0.4, -0.2) is 49.7 Å². The Balaban J connectivity index is 2.08. The fraction of sp³-hybridized carbons (Fsp3) is 0.350. The first-order valence-electron chi connectivity index (χ1n) is 9.16. The molecule has 0 aliphatic heterocycles. The van der Waals surface area contributed by atoms with Crippen LogP contribution in [0.15, 0.2) is 59.3 Å². The highest BCUT2D eigenvalue weighted by Gasteiger charge is 2.22. The molecule has 2 rings (SSSR count). The summed E-state index contributed by atoms with van der Waals surface area (Å²) >= 11 is 1.64. The summed E-state index contributed by atoms with van der Waals surface area (Å²) < 4.78 is 26.7. The molecule has 0 unspecified atom stereocenters. The molecular weight excluding hydrogens is 394 g/mol. The van der Waals surface area contributed by atoms with Gasteiger partial charge in [-0.05, 0) is 29.6 Å². The van der Waals surface area contributed by atoms with Crippen molar-refractivity contribution in [3.63, 3.8) is 0 Å². The van der Waals surface area contributed by atoms with Crippen LogP contribution in [0.2, 0.25) is 0 Å². The second-order valence-electron chi connectivity index (χ2n) is 6.20. The van der Waals surface area contributed by atoms with Crippen molar-refractivity contribution < 1.29 is 13.2 Å². The summed E-state index contributed by atoms with van der Waals surface area (Å²) in [5.74, 6) is -0.198. The van der Waals surface area contributed by atoms with Gasteiger partial charge in [0.1, 0.15) is 0 Å². The second-order valence-corrected chi connectivity index (χ2v) is 9.17. The number of hydrogen-bond acceptors (Lipinski definition) is 5. The maximum absolute atomic E-state index is 12.7. The first-order chi connectivity index (χ1) is 13.4. The minimum Gasteiger partial charge on any atom is -0.325 e. The molecular formula is C20H27N3O3S2. The van der Waals surface area contributed by atoms with E-state index < -0.39 is 10.0 Å². The van der Waals surface area contributed by atoms with Gasteiger partial charge in [-0.2, -0.15) is 4.31 Å². The average molecular weight is 422 g/mol. The lowest BCUT2D eigenvalue weighted by molar-refractivity contribution is -0.117. The van der Waals surface area contributed by atoms with E-state index in [2.05, 4.69) is 11.9 Å². The average Bonchev–Trinajstić information content (AvgIpc) is 3.16. The molecule has 1 aromatic carbocycles. The van der Waals surface area contributed by atoms with Crippen molar-refractivity contribution in [2.75, 3.05) is 31.5 Å². The highest BCUT2D eigenvalue weighted by atomic mass is 32.2. The lowest BCUT2D eigenvalue weighted by atomic mass is 10.3. The van der Waals surface area contributed by atoms with Crippen molar-refractivity contribution in [1.82, 2.24) is 9.21 Å². The summed E-state index contributed by atoms with van der Waals surface area (Å²) in [7, 11) is -3.57. The minimum atomic E-state index is -3.57. The minimum absolute atomic E-state index is 0.176. The fourth-order valence-corrected chi connectivity index (χ4v) is 5.09. The van der Waals surface area contributed by atoms with Gasteiger partial charge in [0.25, 0.3) is 0 Å². The number of rotatable bonds is 11. The zero-order valence-corrected chi connectivity index (χ0v) is 17.9. The van der Waals surface area contributed by atoms with E-state index in [0.29, 0.717) is 31.9 Å². The highest BCUT2D eigenvalue weighted by Crippen LogP contribution is 2.19. The lowest BCUT2D eigenvalue weighted by Gasteiger charge is -2.20. The zero-order valence-electron chi connectivity index (χ0n) is 16.3. The highest BCUT2D eigenvalue weighted by molar-refractivity contribution is 7.89. The van der Waals surface area contributed by atoms with Crippen LogP contribution in [0, 0.1) is 0 Å². The van der Waals surface area contributed by atoms with E-state index in [9.17, 15) is 13.2 Å². The van der Waals surface area contributed by atoms with Crippen LogP contribution in [0.3, 0.4) is 0 Å². The lowest BCUT2D eigenvalue weighted by Crippen LogP contribution is -2.33. The Labute approximate surface area is 171 Å². The Morgan fingerprint density at radius 3 is 2.57 bits per heavy atom. The number of nitrogens with zero attached hydrogens (tertiary/aromatic N) is 2. The van der Waals surface area contributed by atoms with Gasteiger partial charge in [-0.25, -0.2) is 8.42 Å². The molecule has 0 saturated heterocycles. The number of amides is 1. The summed E-state index contributed by atoms with van der Waals surface area (Å²) in [5.41, 5.74) is 0.466. The van der Waals surface area contributed by atoms with E-state index in [1.165, 1.54) is 15.2 Å². The molecule has 152 valence electrons. The van der Waals surface area contributed by atoms with Crippen molar-refractivity contribution in [2.45, 2.75) is 25.3 Å². The molecule has 0 radical (unpaired) electrons. The third-order valence-electron chi connectivity index (χ3n) is 4.18. The zero-order chi connectivity index (χ0) is 20.6. The molecule has 8 heteroatoms. The Hall–Kier alpha value is -2.00. The van der Waals surface area contributed by atoms with Gasteiger partial charge in [0.2, 0.25) is 15.9 Å². The Bertz CT molecular complexity index is 876. The van der Waals surface area contributed by atoms with Crippen LogP contribution in [0.1, 0.15) is 18.7 Å². The largest absolute Gasteiger partial charge is 0.325 e. The van der Waals surface area contributed by atoms with E-state index in [4.69, 9.17) is 0 Å². The molecule has 0 aliphatic carbocycles. The van der Waals surface area contributed by atoms with Gasteiger partial charge in [-0.15, -0.1) is 17.9 Å². The molecule has 6 nitrogen and oxygen atoms in total. The first kappa shape index (κ1) is 22.3. The molecule has 0 aliphatic rings. The third kappa shape index (κ3) is 6.00. The van der Waals surface area contributed by atoms with Crippen molar-refractivity contribution in [1.29, 1.82) is 0 Å². The van der Waals surface area contributed by atoms with Gasteiger partial charge in [-0.1, -0.05) is 32.1 Å². The molecule has 2 aromatic rings. The Morgan fingerprint density at radius 1 is 1.21 bits per heavy atom. The standard InChI is InChI=1S/C20H27N3O3S2/c1-4-12-22(15-18-10-8-13-27-18)16-20(24)21-17-9-7-11-19(14-17)28(25,26)23(5-2)6-3/h4,7-11,13-14H,1,5-6,12,15-16H2,2-3H3,(H,21,24). The summed E-state index contributed by atoms with van der Waals surface area (Å²) in [6.07, 6.45) is 1.76. The number of sulfonamides is 1. The van der Waals surface area contributed by atoms with Crippen molar-refractivity contribution >= 4 is 33.0 Å². The number of carbonyl (C=O) groups excluding carboxylic acids is 1. The van der Waals surface area contributed by atoms with Crippen molar-refractivity contribution in [3.8, 4) is 0 Å². The van der Waals surface area contributed by atoms with Gasteiger partial charge < -0.3 is 5.32 Å². The van der Waals surface area contributed by atoms with Gasteiger partial charge in [-0.3, -0.25) is 9.69 Å². The molecule has 1 heterocycles. The van der Waals surface area contributed by atoms with Crippen LogP contribution in [0.4, 0.5) is 5.69 Å². The molecule has 0 fully saturated rings. The summed E-state index contributed by atoms with van der Waals surface area (Å²) in [4.78, 5) is 15.8. The van der Waals surface area contributed by atoms with Crippen LogP contribution >= 0.6 is 11.3 Å². The SMILES string of the molecule is C=CCN(CC(=O)Nc1cccc(S(=O)(=O)N(CC)CC)c1)Cc1cccs1. The molecule has 1 amide bonds. The summed E-state index contributed by atoms with van der Waals surface area (Å²) in [6.45, 7) is 9.58. The topological polar surface area (TPSA) is 69.7 Å². The second kappa shape index (κ2) is 10.5. The normalized spacial score (nSPS) is 11.7. The monoisotopic (exact) mass is 421 g/mol. The van der Waals surface area contributed by atoms with Crippen molar-refractivity contribution in [3.05, 3.63) is 59.3 Å². The number of benzene rings is 1. The fourth-order valence-electron chi connectivity index (χ4n) is 2.84. The van der Waals surface area contributed by atoms with Crippen LogP contribution < -0.4 is 5.32 Å². The number of hydrogen-bond donors (Lipinski definition) is 1. The molecule has 0 atom stereocenters. The van der Waals surface area contributed by atoms with Crippen molar-refractivity contribution in [2.24, 2.45) is 0 Å². The van der Waals surface area contributed by atoms with Crippen LogP contribution in [0.5, 0.6) is 0 Å². The van der Waals surface area contributed by atoms with Gasteiger partial charge in [0.15, 0.2) is 0 Å². The molecule has 1 N–H and O–H groups in total. The van der Waals surface area contributed by atoms with Gasteiger partial charge in [0, 0.05) is 36.7 Å². The van der Waals surface area contributed by atoms with Crippen LogP contribution in [0.25, 0.3) is 0 Å². The predicted molar refractivity (Wildman–Crippen MR) is 115 cm³/mol. The number of anilines is 1. The molecule has 0 saturated carbocycles. The van der Waals surface area contributed by atoms with E-state index in [0.717, 1.165) is 0 Å². The van der Waals surface area contributed by atoms with E-state index >= 15 is 0 Å². The molecule has 0 spiro atoms. The van der Waals surface area contributed by atoms with E-state index in [1.54, 1.807) is 49.5 Å². The Kier molecular flexibility index (Phi) is 8.37. The quantitative estimate of drug-likeness (QED) is 0.565. The van der Waals surface area contributed by atoms with E-state index in [-0.39, 0.29) is 17.3 Å². The maximum atomic E-state index is 12.7. The smallest absolute Gasteiger partial charge is 0.243 e. The molecule has 1 aromatic heterocycles. The Morgan fingerprint density at radius 2 is 1.96 bits per heavy atom. The molecule has 0 bridgehead atoms. The van der Waals surface area contributed by atoms with E-state index in [1.807, 2.05) is 22.4 Å². The summed E-state index contributed by atoms with van der Waals surface area (Å²) in [6, 6.07) is 10.4.